The van der Waals surface area contributed by atoms with Crippen LogP contribution in [0.3, 0.4) is 0 Å². The maximum atomic E-state index is 13.6. The van der Waals surface area contributed by atoms with Crippen molar-refractivity contribution < 1.29 is 9.18 Å². The van der Waals surface area contributed by atoms with Crippen LogP contribution in [-0.4, -0.2) is 15.5 Å². The maximum absolute atomic E-state index is 13.6. The Balaban J connectivity index is 1.87. The van der Waals surface area contributed by atoms with Crippen molar-refractivity contribution in [2.45, 2.75) is 6.04 Å². The van der Waals surface area contributed by atoms with Crippen molar-refractivity contribution >= 4 is 5.91 Å². The van der Waals surface area contributed by atoms with Gasteiger partial charge in [-0.15, -0.1) is 0 Å². The molecule has 1 aromatic heterocycles. The summed E-state index contributed by atoms with van der Waals surface area (Å²) in [6.07, 6.45) is 3.40. The molecule has 25 heavy (non-hydrogen) atoms. The predicted molar refractivity (Wildman–Crippen MR) is 92.9 cm³/mol. The van der Waals surface area contributed by atoms with Gasteiger partial charge < -0.3 is 9.88 Å². The molecule has 3 rings (SSSR count). The second kappa shape index (κ2) is 7.45. The lowest BCUT2D eigenvalue weighted by atomic mass is 10.1. The highest BCUT2D eigenvalue weighted by atomic mass is 19.1. The van der Waals surface area contributed by atoms with Gasteiger partial charge >= 0.3 is 0 Å². The Kier molecular flexibility index (Phi) is 4.91. The molecule has 0 spiro atoms. The first kappa shape index (κ1) is 16.5. The number of carbonyl (C=O) groups excluding carboxylic acids is 1. The minimum absolute atomic E-state index is 0.374. The molecule has 124 valence electrons. The zero-order valence-corrected chi connectivity index (χ0v) is 13.6. The molecule has 4 nitrogen and oxygen atoms in total. The molecular formula is C20H16FN3O. The number of hydrogen-bond acceptors (Lipinski definition) is 2. The lowest BCUT2D eigenvalue weighted by Crippen LogP contribution is -2.30. The van der Waals surface area contributed by atoms with Crippen molar-refractivity contribution in [1.82, 2.24) is 14.9 Å². The van der Waals surface area contributed by atoms with Crippen LogP contribution < -0.4 is 5.32 Å². The van der Waals surface area contributed by atoms with Crippen LogP contribution in [0.1, 0.15) is 23.0 Å². The summed E-state index contributed by atoms with van der Waals surface area (Å²) < 4.78 is 15.4. The van der Waals surface area contributed by atoms with Gasteiger partial charge in [-0.3, -0.25) is 4.79 Å². The lowest BCUT2D eigenvalue weighted by Gasteiger charge is -2.17. The fraction of sp³-hybridized carbons (Fsp3) is 0.100. The minimum atomic E-state index is -0.590. The zero-order valence-electron chi connectivity index (χ0n) is 13.6. The molecule has 0 aliphatic rings. The third-order valence-corrected chi connectivity index (χ3v) is 3.67. The molecule has 3 aromatic rings. The van der Waals surface area contributed by atoms with Gasteiger partial charge in [0.15, 0.2) is 0 Å². The molecular weight excluding hydrogens is 317 g/mol. The molecule has 1 N–H and O–H groups in total. The number of hydrogen-bond donors (Lipinski definition) is 1. The third kappa shape index (κ3) is 4.12. The minimum Gasteiger partial charge on any atom is -0.336 e. The fourth-order valence-corrected chi connectivity index (χ4v) is 2.46. The standard InChI is InChI=1S/C20H16FN3O/c1-24-13-12-22-20(24)19(16-8-5-9-17(21)14-16)23-18(25)11-10-15-6-3-2-4-7-15/h2-9,12-14,19H,1H3,(H,23,25). The largest absolute Gasteiger partial charge is 0.336 e. The van der Waals surface area contributed by atoms with Gasteiger partial charge in [-0.2, -0.15) is 0 Å². The number of halogens is 1. The summed E-state index contributed by atoms with van der Waals surface area (Å²) in [7, 11) is 1.82. The van der Waals surface area contributed by atoms with Crippen molar-refractivity contribution in [3.8, 4) is 11.8 Å². The van der Waals surface area contributed by atoms with E-state index in [1.54, 1.807) is 29.1 Å². The predicted octanol–water partition coefficient (Wildman–Crippen LogP) is 2.82. The number of carbonyl (C=O) groups is 1. The van der Waals surface area contributed by atoms with E-state index in [0.717, 1.165) is 5.56 Å². The summed E-state index contributed by atoms with van der Waals surface area (Å²) in [6.45, 7) is 0. The van der Waals surface area contributed by atoms with Gasteiger partial charge in [0.1, 0.15) is 17.7 Å². The monoisotopic (exact) mass is 333 g/mol. The smallest absolute Gasteiger partial charge is 0.297 e. The summed E-state index contributed by atoms with van der Waals surface area (Å²) in [4.78, 5) is 16.5. The van der Waals surface area contributed by atoms with Crippen LogP contribution in [0.15, 0.2) is 67.0 Å². The number of nitrogens with zero attached hydrogens (tertiary/aromatic N) is 2. The fourth-order valence-electron chi connectivity index (χ4n) is 2.46. The first-order valence-electron chi connectivity index (χ1n) is 7.74. The van der Waals surface area contributed by atoms with E-state index in [0.29, 0.717) is 11.4 Å². The van der Waals surface area contributed by atoms with E-state index in [-0.39, 0.29) is 5.82 Å². The van der Waals surface area contributed by atoms with Crippen LogP contribution >= 0.6 is 0 Å². The third-order valence-electron chi connectivity index (χ3n) is 3.67. The van der Waals surface area contributed by atoms with Gasteiger partial charge in [0.25, 0.3) is 5.91 Å². The molecule has 0 saturated carbocycles. The molecule has 2 aromatic carbocycles. The van der Waals surface area contributed by atoms with Gasteiger partial charge in [0.2, 0.25) is 0 Å². The molecule has 0 aliphatic heterocycles. The van der Waals surface area contributed by atoms with Gasteiger partial charge in [-0.1, -0.05) is 36.3 Å². The van der Waals surface area contributed by atoms with Gasteiger partial charge in [0.05, 0.1) is 0 Å². The van der Waals surface area contributed by atoms with E-state index < -0.39 is 11.9 Å². The van der Waals surface area contributed by atoms with E-state index in [9.17, 15) is 9.18 Å². The van der Waals surface area contributed by atoms with Crippen LogP contribution in [0.2, 0.25) is 0 Å². The molecule has 0 bridgehead atoms. The van der Waals surface area contributed by atoms with Crippen LogP contribution in [-0.2, 0) is 11.8 Å². The van der Waals surface area contributed by atoms with E-state index in [4.69, 9.17) is 0 Å². The second-order valence-corrected chi connectivity index (χ2v) is 5.47. The Bertz CT molecular complexity index is 938. The SMILES string of the molecule is Cn1ccnc1C(NC(=O)C#Cc1ccccc1)c1cccc(F)c1. The van der Waals surface area contributed by atoms with Crippen molar-refractivity contribution in [1.29, 1.82) is 0 Å². The Hall–Kier alpha value is -3.39. The molecule has 1 heterocycles. The number of nitrogens with one attached hydrogen (secondary N) is 1. The molecule has 5 heteroatoms. The summed E-state index contributed by atoms with van der Waals surface area (Å²) in [5.74, 6) is 5.14. The van der Waals surface area contributed by atoms with Gasteiger partial charge in [-0.05, 0) is 29.8 Å². The number of aromatic nitrogens is 2. The summed E-state index contributed by atoms with van der Waals surface area (Å²) >= 11 is 0. The van der Waals surface area contributed by atoms with Crippen molar-refractivity contribution in [3.63, 3.8) is 0 Å². The van der Waals surface area contributed by atoms with Crippen LogP contribution in [0.5, 0.6) is 0 Å². The Morgan fingerprint density at radius 2 is 2.00 bits per heavy atom. The number of aryl methyl sites for hydroxylation is 1. The van der Waals surface area contributed by atoms with E-state index in [1.807, 2.05) is 37.4 Å². The normalized spacial score (nSPS) is 11.3. The highest BCUT2D eigenvalue weighted by Gasteiger charge is 2.20. The molecule has 1 atom stereocenters. The highest BCUT2D eigenvalue weighted by molar-refractivity contribution is 5.94. The highest BCUT2D eigenvalue weighted by Crippen LogP contribution is 2.21. The topological polar surface area (TPSA) is 46.9 Å². The number of rotatable bonds is 3. The molecule has 1 amide bonds. The van der Waals surface area contributed by atoms with Crippen molar-refractivity contribution in [3.05, 3.63) is 89.8 Å². The van der Waals surface area contributed by atoms with E-state index in [1.165, 1.54) is 12.1 Å². The van der Waals surface area contributed by atoms with E-state index in [2.05, 4.69) is 22.1 Å². The first-order valence-corrected chi connectivity index (χ1v) is 7.74. The van der Waals surface area contributed by atoms with Crippen LogP contribution in [0.25, 0.3) is 0 Å². The number of amides is 1. The molecule has 0 radical (unpaired) electrons. The summed E-state index contributed by atoms with van der Waals surface area (Å²) in [5.41, 5.74) is 1.35. The van der Waals surface area contributed by atoms with Crippen molar-refractivity contribution in [2.24, 2.45) is 7.05 Å². The van der Waals surface area contributed by atoms with Crippen LogP contribution in [0.4, 0.5) is 4.39 Å². The number of benzene rings is 2. The van der Waals surface area contributed by atoms with Crippen molar-refractivity contribution in [2.75, 3.05) is 0 Å². The Morgan fingerprint density at radius 3 is 2.68 bits per heavy atom. The van der Waals surface area contributed by atoms with E-state index >= 15 is 0 Å². The Morgan fingerprint density at radius 1 is 1.20 bits per heavy atom. The number of imidazole rings is 1. The average Bonchev–Trinajstić information content (AvgIpc) is 3.04. The maximum Gasteiger partial charge on any atom is 0.297 e. The lowest BCUT2D eigenvalue weighted by molar-refractivity contribution is -0.116. The molecule has 0 fully saturated rings. The van der Waals surface area contributed by atoms with Gasteiger partial charge in [0, 0.05) is 30.9 Å². The zero-order chi connectivity index (χ0) is 17.6. The molecule has 1 unspecified atom stereocenters. The molecule has 0 saturated heterocycles. The summed E-state index contributed by atoms with van der Waals surface area (Å²) in [6, 6.07) is 14.7. The quantitative estimate of drug-likeness (QED) is 0.749. The second-order valence-electron chi connectivity index (χ2n) is 5.47. The average molecular weight is 333 g/mol. The molecule has 0 aliphatic carbocycles. The van der Waals surface area contributed by atoms with Gasteiger partial charge in [-0.25, -0.2) is 9.37 Å². The first-order chi connectivity index (χ1) is 12.1. The Labute approximate surface area is 145 Å². The summed E-state index contributed by atoms with van der Waals surface area (Å²) in [5, 5.41) is 2.81. The van der Waals surface area contributed by atoms with Crippen LogP contribution in [0, 0.1) is 17.7 Å².